The molecule has 1 saturated heterocycles. The van der Waals surface area contributed by atoms with Crippen LogP contribution in [0.4, 0.5) is 0 Å². The zero-order valence-corrected chi connectivity index (χ0v) is 13.7. The van der Waals surface area contributed by atoms with Crippen molar-refractivity contribution in [2.45, 2.75) is 71.4 Å². The molecule has 0 aromatic carbocycles. The van der Waals surface area contributed by atoms with E-state index in [0.717, 1.165) is 32.1 Å². The van der Waals surface area contributed by atoms with Gasteiger partial charge in [0.25, 0.3) is 0 Å². The van der Waals surface area contributed by atoms with Gasteiger partial charge in [0.05, 0.1) is 0 Å². The lowest BCUT2D eigenvalue weighted by Gasteiger charge is -2.46. The summed E-state index contributed by atoms with van der Waals surface area (Å²) < 4.78 is 0. The van der Waals surface area contributed by atoms with Crippen LogP contribution < -0.4 is 5.32 Å². The summed E-state index contributed by atoms with van der Waals surface area (Å²) in [7, 11) is 0. The molecule has 1 N–H and O–H groups in total. The lowest BCUT2D eigenvalue weighted by molar-refractivity contribution is -0.156. The summed E-state index contributed by atoms with van der Waals surface area (Å²) in [5, 5.41) is 3.07. The Bertz CT molecular complexity index is 446. The molecular formula is C17H28N2O2. The maximum Gasteiger partial charge on any atom is 0.249 e. The second-order valence-corrected chi connectivity index (χ2v) is 6.85. The molecule has 2 fully saturated rings. The van der Waals surface area contributed by atoms with Gasteiger partial charge in [-0.15, -0.1) is 0 Å². The number of carbonyl (C=O) groups excluding carboxylic acids is 2. The van der Waals surface area contributed by atoms with E-state index in [9.17, 15) is 9.59 Å². The lowest BCUT2D eigenvalue weighted by Crippen LogP contribution is -2.70. The molecule has 0 aromatic rings. The van der Waals surface area contributed by atoms with Gasteiger partial charge in [-0.1, -0.05) is 44.8 Å². The summed E-state index contributed by atoms with van der Waals surface area (Å²) in [5.41, 5.74) is 0.563. The molecule has 2 atom stereocenters. The summed E-state index contributed by atoms with van der Waals surface area (Å²) in [4.78, 5) is 27.5. The van der Waals surface area contributed by atoms with Crippen molar-refractivity contribution in [2.24, 2.45) is 5.92 Å². The molecule has 4 heteroatoms. The van der Waals surface area contributed by atoms with Crippen molar-refractivity contribution in [1.82, 2.24) is 10.2 Å². The summed E-state index contributed by atoms with van der Waals surface area (Å²) in [6.07, 6.45) is 6.57. The van der Waals surface area contributed by atoms with Crippen molar-refractivity contribution in [1.29, 1.82) is 0 Å². The smallest absolute Gasteiger partial charge is 0.249 e. The monoisotopic (exact) mass is 292 g/mol. The van der Waals surface area contributed by atoms with Gasteiger partial charge in [0.2, 0.25) is 11.8 Å². The van der Waals surface area contributed by atoms with Crippen LogP contribution in [0.2, 0.25) is 0 Å². The molecule has 1 saturated carbocycles. The number of nitrogens with zero attached hydrogens (tertiary/aromatic N) is 1. The van der Waals surface area contributed by atoms with Gasteiger partial charge in [0.1, 0.15) is 11.6 Å². The molecule has 1 heterocycles. The number of piperazine rings is 1. The predicted molar refractivity (Wildman–Crippen MR) is 83.7 cm³/mol. The number of nitrogens with one attached hydrogen (secondary N) is 1. The van der Waals surface area contributed by atoms with Gasteiger partial charge in [0.15, 0.2) is 0 Å². The second kappa shape index (κ2) is 6.20. The van der Waals surface area contributed by atoms with E-state index in [1.54, 1.807) is 0 Å². The number of amides is 2. The van der Waals surface area contributed by atoms with E-state index in [2.05, 4.69) is 25.2 Å². The minimum Gasteiger partial charge on any atom is -0.340 e. The Morgan fingerprint density at radius 3 is 2.52 bits per heavy atom. The Morgan fingerprint density at radius 2 is 2.00 bits per heavy atom. The zero-order valence-electron chi connectivity index (χ0n) is 13.7. The Balaban J connectivity index is 2.31. The largest absolute Gasteiger partial charge is 0.340 e. The minimum atomic E-state index is -0.615. The highest BCUT2D eigenvalue weighted by Crippen LogP contribution is 2.36. The van der Waals surface area contributed by atoms with Crippen LogP contribution in [0.3, 0.4) is 0 Å². The molecule has 1 aliphatic carbocycles. The van der Waals surface area contributed by atoms with E-state index >= 15 is 0 Å². The van der Waals surface area contributed by atoms with Crippen molar-refractivity contribution in [3.63, 3.8) is 0 Å². The number of rotatable bonds is 4. The van der Waals surface area contributed by atoms with Crippen molar-refractivity contribution < 1.29 is 9.59 Å². The maximum atomic E-state index is 13.0. The molecule has 4 nitrogen and oxygen atoms in total. The Kier molecular flexibility index (Phi) is 4.74. The van der Waals surface area contributed by atoms with Gasteiger partial charge in [-0.05, 0) is 32.6 Å². The number of hydrogen-bond donors (Lipinski definition) is 1. The van der Waals surface area contributed by atoms with Crippen LogP contribution in [0.1, 0.15) is 59.8 Å². The highest BCUT2D eigenvalue weighted by molar-refractivity contribution is 6.00. The van der Waals surface area contributed by atoms with E-state index in [-0.39, 0.29) is 23.8 Å². The molecule has 2 aliphatic rings. The fourth-order valence-corrected chi connectivity index (χ4v) is 3.49. The van der Waals surface area contributed by atoms with E-state index in [1.165, 1.54) is 5.57 Å². The summed E-state index contributed by atoms with van der Waals surface area (Å²) >= 11 is 0. The van der Waals surface area contributed by atoms with Crippen LogP contribution in [0.25, 0.3) is 0 Å². The fourth-order valence-electron chi connectivity index (χ4n) is 3.49. The highest BCUT2D eigenvalue weighted by Gasteiger charge is 2.52. The molecule has 0 radical (unpaired) electrons. The van der Waals surface area contributed by atoms with Crippen molar-refractivity contribution in [3.05, 3.63) is 11.6 Å². The highest BCUT2D eigenvalue weighted by atomic mass is 16.2. The summed E-state index contributed by atoms with van der Waals surface area (Å²) in [6.45, 7) is 8.72. The molecule has 21 heavy (non-hydrogen) atoms. The zero-order chi connectivity index (χ0) is 15.6. The first-order chi connectivity index (χ1) is 9.91. The third-order valence-corrected chi connectivity index (χ3v) is 4.97. The topological polar surface area (TPSA) is 49.4 Å². The van der Waals surface area contributed by atoms with Crippen LogP contribution in [-0.2, 0) is 9.59 Å². The first-order valence-electron chi connectivity index (χ1n) is 8.18. The molecule has 118 valence electrons. The van der Waals surface area contributed by atoms with Crippen LogP contribution in [0, 0.1) is 5.92 Å². The van der Waals surface area contributed by atoms with Gasteiger partial charge in [0, 0.05) is 6.54 Å². The standard InChI is InChI=1S/C17H28N2O2/c1-5-13(4)14-15(20)18-17(9-6-7-10-17)16(21)19(14)11-8-12(2)3/h8,13-14H,5-7,9-11H2,1-4H3,(H,18,20). The normalized spacial score (nSPS) is 25.9. The van der Waals surface area contributed by atoms with E-state index in [4.69, 9.17) is 0 Å². The first kappa shape index (κ1) is 16.1. The average Bonchev–Trinajstić information content (AvgIpc) is 2.89. The molecule has 0 aromatic heterocycles. The maximum absolute atomic E-state index is 13.0. The van der Waals surface area contributed by atoms with Crippen molar-refractivity contribution >= 4 is 11.8 Å². The van der Waals surface area contributed by atoms with E-state index in [0.29, 0.717) is 6.54 Å². The summed E-state index contributed by atoms with van der Waals surface area (Å²) in [6, 6.07) is -0.329. The van der Waals surface area contributed by atoms with Crippen LogP contribution in [0.15, 0.2) is 11.6 Å². The number of allylic oxidation sites excluding steroid dienone is 1. The molecule has 0 bridgehead atoms. The Morgan fingerprint density at radius 1 is 1.38 bits per heavy atom. The minimum absolute atomic E-state index is 0.0352. The molecule has 2 unspecified atom stereocenters. The SMILES string of the molecule is CCC(C)C1C(=O)NC2(CCCC2)C(=O)N1CC=C(C)C. The number of carbonyl (C=O) groups is 2. The molecule has 2 rings (SSSR count). The molecule has 1 aliphatic heterocycles. The van der Waals surface area contributed by atoms with Crippen molar-refractivity contribution in [2.75, 3.05) is 6.54 Å². The van der Waals surface area contributed by atoms with Crippen LogP contribution in [-0.4, -0.2) is 34.8 Å². The van der Waals surface area contributed by atoms with Gasteiger partial charge < -0.3 is 10.2 Å². The van der Waals surface area contributed by atoms with Gasteiger partial charge in [-0.25, -0.2) is 0 Å². The van der Waals surface area contributed by atoms with Crippen LogP contribution >= 0.6 is 0 Å². The molecule has 2 amide bonds. The first-order valence-corrected chi connectivity index (χ1v) is 8.18. The Hall–Kier alpha value is -1.32. The van der Waals surface area contributed by atoms with E-state index in [1.807, 2.05) is 18.7 Å². The quantitative estimate of drug-likeness (QED) is 0.810. The third kappa shape index (κ3) is 2.99. The fraction of sp³-hybridized carbons (Fsp3) is 0.765. The van der Waals surface area contributed by atoms with E-state index < -0.39 is 5.54 Å². The van der Waals surface area contributed by atoms with Gasteiger partial charge in [-0.2, -0.15) is 0 Å². The van der Waals surface area contributed by atoms with Gasteiger partial charge in [-0.3, -0.25) is 9.59 Å². The second-order valence-electron chi connectivity index (χ2n) is 6.85. The average molecular weight is 292 g/mol. The van der Waals surface area contributed by atoms with Crippen molar-refractivity contribution in [3.8, 4) is 0 Å². The Labute approximate surface area is 128 Å². The third-order valence-electron chi connectivity index (χ3n) is 4.97. The molecule has 1 spiro atoms. The molecular weight excluding hydrogens is 264 g/mol. The van der Waals surface area contributed by atoms with Gasteiger partial charge >= 0.3 is 0 Å². The summed E-state index contributed by atoms with van der Waals surface area (Å²) in [5.74, 6) is 0.341. The number of hydrogen-bond acceptors (Lipinski definition) is 2. The lowest BCUT2D eigenvalue weighted by atomic mass is 9.86. The predicted octanol–water partition coefficient (Wildman–Crippen LogP) is 2.64. The van der Waals surface area contributed by atoms with Crippen LogP contribution in [0.5, 0.6) is 0 Å².